The van der Waals surface area contributed by atoms with Crippen LogP contribution < -0.4 is 0 Å². The number of likely N-dealkylation sites (tertiary alicyclic amines) is 1. The molecule has 1 unspecified atom stereocenters. The SMILES string of the molecule is O=C(c1n[nH]c2ccccc12)N1CCCC1Cn1cncn1. The fraction of sp³-hybridized carbons (Fsp3) is 0.333. The molecule has 7 heteroatoms. The first-order chi connectivity index (χ1) is 10.8. The molecule has 0 spiro atoms. The molecule has 1 aliphatic rings. The van der Waals surface area contributed by atoms with Gasteiger partial charge >= 0.3 is 0 Å². The van der Waals surface area contributed by atoms with E-state index < -0.39 is 0 Å². The van der Waals surface area contributed by atoms with Crippen LogP contribution in [0.15, 0.2) is 36.9 Å². The molecular weight excluding hydrogens is 280 g/mol. The maximum absolute atomic E-state index is 12.9. The first-order valence-electron chi connectivity index (χ1n) is 7.39. The lowest BCUT2D eigenvalue weighted by Gasteiger charge is -2.23. The number of H-pyrrole nitrogens is 1. The van der Waals surface area contributed by atoms with Crippen molar-refractivity contribution in [1.29, 1.82) is 0 Å². The van der Waals surface area contributed by atoms with Gasteiger partial charge in [0.25, 0.3) is 5.91 Å². The Morgan fingerprint density at radius 1 is 1.36 bits per heavy atom. The lowest BCUT2D eigenvalue weighted by molar-refractivity contribution is 0.0717. The van der Waals surface area contributed by atoms with Crippen molar-refractivity contribution in [3.05, 3.63) is 42.6 Å². The van der Waals surface area contributed by atoms with Crippen LogP contribution in [-0.2, 0) is 6.54 Å². The number of rotatable bonds is 3. The zero-order valence-corrected chi connectivity index (χ0v) is 12.0. The minimum absolute atomic E-state index is 0.0138. The van der Waals surface area contributed by atoms with Gasteiger partial charge in [-0.1, -0.05) is 18.2 Å². The molecule has 1 aromatic carbocycles. The molecule has 22 heavy (non-hydrogen) atoms. The molecule has 4 rings (SSSR count). The van der Waals surface area contributed by atoms with Gasteiger partial charge in [0.2, 0.25) is 0 Å². The number of nitrogens with zero attached hydrogens (tertiary/aromatic N) is 5. The molecule has 0 aliphatic carbocycles. The number of aromatic nitrogens is 5. The van der Waals surface area contributed by atoms with Crippen molar-refractivity contribution in [1.82, 2.24) is 29.9 Å². The molecule has 1 aliphatic heterocycles. The van der Waals surface area contributed by atoms with Gasteiger partial charge in [-0.05, 0) is 18.9 Å². The molecule has 1 atom stereocenters. The topological polar surface area (TPSA) is 79.7 Å². The van der Waals surface area contributed by atoms with E-state index in [1.54, 1.807) is 11.0 Å². The van der Waals surface area contributed by atoms with Crippen LogP contribution in [0.1, 0.15) is 23.3 Å². The maximum atomic E-state index is 12.9. The molecule has 0 saturated carbocycles. The quantitative estimate of drug-likeness (QED) is 0.793. The predicted molar refractivity (Wildman–Crippen MR) is 80.2 cm³/mol. The second-order valence-corrected chi connectivity index (χ2v) is 5.53. The Balaban J connectivity index is 1.61. The third-order valence-corrected chi connectivity index (χ3v) is 4.18. The Labute approximate surface area is 126 Å². The highest BCUT2D eigenvalue weighted by Crippen LogP contribution is 2.23. The average molecular weight is 296 g/mol. The Kier molecular flexibility index (Phi) is 3.10. The van der Waals surface area contributed by atoms with Crippen molar-refractivity contribution in [3.8, 4) is 0 Å². The van der Waals surface area contributed by atoms with Crippen molar-refractivity contribution in [2.45, 2.75) is 25.4 Å². The minimum Gasteiger partial charge on any atom is -0.332 e. The molecule has 1 amide bonds. The second kappa shape index (κ2) is 5.25. The Bertz CT molecular complexity index is 793. The van der Waals surface area contributed by atoms with Gasteiger partial charge in [0.15, 0.2) is 5.69 Å². The van der Waals surface area contributed by atoms with E-state index in [0.717, 1.165) is 30.3 Å². The fourth-order valence-electron chi connectivity index (χ4n) is 3.10. The molecule has 1 N–H and O–H groups in total. The molecule has 3 aromatic rings. The normalized spacial score (nSPS) is 18.2. The van der Waals surface area contributed by atoms with Crippen LogP contribution in [0.4, 0.5) is 0 Å². The number of carbonyl (C=O) groups excluding carboxylic acids is 1. The number of hydrogen-bond donors (Lipinski definition) is 1. The number of hydrogen-bond acceptors (Lipinski definition) is 4. The van der Waals surface area contributed by atoms with E-state index in [0.29, 0.717) is 12.2 Å². The molecule has 1 fully saturated rings. The first-order valence-corrected chi connectivity index (χ1v) is 7.39. The summed E-state index contributed by atoms with van der Waals surface area (Å²) in [6.07, 6.45) is 5.19. The zero-order chi connectivity index (χ0) is 14.9. The minimum atomic E-state index is -0.0138. The van der Waals surface area contributed by atoms with Gasteiger partial charge in [0.05, 0.1) is 18.1 Å². The molecule has 3 heterocycles. The van der Waals surface area contributed by atoms with Gasteiger partial charge in [-0.3, -0.25) is 14.6 Å². The third-order valence-electron chi connectivity index (χ3n) is 4.18. The molecule has 2 aromatic heterocycles. The largest absolute Gasteiger partial charge is 0.332 e. The summed E-state index contributed by atoms with van der Waals surface area (Å²) in [5, 5.41) is 12.2. The van der Waals surface area contributed by atoms with Crippen molar-refractivity contribution < 1.29 is 4.79 Å². The van der Waals surface area contributed by atoms with E-state index in [1.165, 1.54) is 6.33 Å². The zero-order valence-electron chi connectivity index (χ0n) is 12.0. The summed E-state index contributed by atoms with van der Waals surface area (Å²) in [6.45, 7) is 1.44. The summed E-state index contributed by atoms with van der Waals surface area (Å²) in [6, 6.07) is 7.85. The summed E-state index contributed by atoms with van der Waals surface area (Å²) in [7, 11) is 0. The van der Waals surface area contributed by atoms with E-state index in [1.807, 2.05) is 29.2 Å². The van der Waals surface area contributed by atoms with Crippen molar-refractivity contribution in [2.24, 2.45) is 0 Å². The van der Waals surface area contributed by atoms with Crippen LogP contribution in [0.2, 0.25) is 0 Å². The summed E-state index contributed by atoms with van der Waals surface area (Å²) >= 11 is 0. The van der Waals surface area contributed by atoms with Crippen LogP contribution in [0.5, 0.6) is 0 Å². The highest BCUT2D eigenvalue weighted by molar-refractivity contribution is 6.04. The van der Waals surface area contributed by atoms with Crippen LogP contribution in [0.25, 0.3) is 10.9 Å². The number of para-hydroxylation sites is 1. The number of fused-ring (bicyclic) bond motifs is 1. The Morgan fingerprint density at radius 2 is 2.27 bits per heavy atom. The summed E-state index contributed by atoms with van der Waals surface area (Å²) in [5.41, 5.74) is 1.39. The highest BCUT2D eigenvalue weighted by atomic mass is 16.2. The molecule has 1 saturated heterocycles. The van der Waals surface area contributed by atoms with E-state index in [9.17, 15) is 4.79 Å². The van der Waals surface area contributed by atoms with Crippen molar-refractivity contribution in [2.75, 3.05) is 6.54 Å². The smallest absolute Gasteiger partial charge is 0.275 e. The molecule has 0 radical (unpaired) electrons. The summed E-state index contributed by atoms with van der Waals surface area (Å²) in [5.74, 6) is -0.0138. The second-order valence-electron chi connectivity index (χ2n) is 5.53. The maximum Gasteiger partial charge on any atom is 0.275 e. The summed E-state index contributed by atoms with van der Waals surface area (Å²) < 4.78 is 1.78. The summed E-state index contributed by atoms with van der Waals surface area (Å²) in [4.78, 5) is 18.7. The molecule has 112 valence electrons. The van der Waals surface area contributed by atoms with Crippen LogP contribution in [-0.4, -0.2) is 48.4 Å². The number of amides is 1. The number of benzene rings is 1. The van der Waals surface area contributed by atoms with Crippen LogP contribution in [0, 0.1) is 0 Å². The van der Waals surface area contributed by atoms with E-state index in [-0.39, 0.29) is 11.9 Å². The van der Waals surface area contributed by atoms with E-state index >= 15 is 0 Å². The average Bonchev–Trinajstić information content (AvgIpc) is 3.27. The highest BCUT2D eigenvalue weighted by Gasteiger charge is 2.31. The van der Waals surface area contributed by atoms with Crippen LogP contribution >= 0.6 is 0 Å². The van der Waals surface area contributed by atoms with Gasteiger partial charge in [-0.2, -0.15) is 10.2 Å². The van der Waals surface area contributed by atoms with E-state index in [2.05, 4.69) is 20.3 Å². The predicted octanol–water partition coefficient (Wildman–Crippen LogP) is 1.46. The standard InChI is InChI=1S/C15H16N6O/c22-15(14-12-5-1-2-6-13(12)18-19-14)21-7-3-4-11(21)8-20-10-16-9-17-20/h1-2,5-6,9-11H,3-4,7-8H2,(H,18,19). The lowest BCUT2D eigenvalue weighted by Crippen LogP contribution is -2.38. The fourth-order valence-corrected chi connectivity index (χ4v) is 3.10. The molecule has 7 nitrogen and oxygen atoms in total. The first kappa shape index (κ1) is 13.0. The monoisotopic (exact) mass is 296 g/mol. The van der Waals surface area contributed by atoms with Crippen molar-refractivity contribution in [3.63, 3.8) is 0 Å². The molecular formula is C15H16N6O. The number of nitrogens with one attached hydrogen (secondary N) is 1. The lowest BCUT2D eigenvalue weighted by atomic mass is 10.1. The number of carbonyl (C=O) groups is 1. The van der Waals surface area contributed by atoms with Gasteiger partial charge in [0.1, 0.15) is 12.7 Å². The van der Waals surface area contributed by atoms with Gasteiger partial charge in [-0.25, -0.2) is 4.98 Å². The van der Waals surface area contributed by atoms with Gasteiger partial charge in [-0.15, -0.1) is 0 Å². The van der Waals surface area contributed by atoms with Crippen LogP contribution in [0.3, 0.4) is 0 Å². The van der Waals surface area contributed by atoms with Crippen molar-refractivity contribution >= 4 is 16.8 Å². The van der Waals surface area contributed by atoms with Gasteiger partial charge in [0, 0.05) is 11.9 Å². The Hall–Kier alpha value is -2.70. The Morgan fingerprint density at radius 3 is 3.14 bits per heavy atom. The molecule has 0 bridgehead atoms. The van der Waals surface area contributed by atoms with Gasteiger partial charge < -0.3 is 4.90 Å². The third kappa shape index (κ3) is 2.14. The number of aromatic amines is 1. The van der Waals surface area contributed by atoms with E-state index in [4.69, 9.17) is 0 Å².